The number of ether oxygens (including phenoxy) is 1. The molecule has 2 heterocycles. The van der Waals surface area contributed by atoms with Crippen molar-refractivity contribution in [2.75, 3.05) is 0 Å². The molecule has 1 fully saturated rings. The van der Waals surface area contributed by atoms with E-state index in [0.717, 1.165) is 18.7 Å². The summed E-state index contributed by atoms with van der Waals surface area (Å²) >= 11 is 0. The van der Waals surface area contributed by atoms with E-state index in [4.69, 9.17) is 10.5 Å². The van der Waals surface area contributed by atoms with Crippen LogP contribution in [0.1, 0.15) is 33.0 Å². The summed E-state index contributed by atoms with van der Waals surface area (Å²) in [6, 6.07) is 0.191. The van der Waals surface area contributed by atoms with Gasteiger partial charge < -0.3 is 15.0 Å². The summed E-state index contributed by atoms with van der Waals surface area (Å²) in [5.74, 6) is 2.11. The summed E-state index contributed by atoms with van der Waals surface area (Å²) in [7, 11) is 2.03. The molecule has 0 radical (unpaired) electrons. The quantitative estimate of drug-likeness (QED) is 0.887. The monoisotopic (exact) mass is 251 g/mol. The molecule has 0 bridgehead atoms. The largest absolute Gasteiger partial charge is 0.375 e. The number of imidazole rings is 1. The lowest BCUT2D eigenvalue weighted by molar-refractivity contribution is 0.0487. The fraction of sp³-hybridized carbons (Fsp3) is 0.786. The highest BCUT2D eigenvalue weighted by atomic mass is 16.5. The van der Waals surface area contributed by atoms with Gasteiger partial charge in [0.15, 0.2) is 0 Å². The Labute approximate surface area is 110 Å². The molecule has 5 unspecified atom stereocenters. The average Bonchev–Trinajstić information content (AvgIpc) is 2.81. The summed E-state index contributed by atoms with van der Waals surface area (Å²) in [6.07, 6.45) is 6.32. The Hall–Kier alpha value is -0.870. The van der Waals surface area contributed by atoms with Crippen molar-refractivity contribution in [1.82, 2.24) is 9.55 Å². The molecule has 18 heavy (non-hydrogen) atoms. The molecule has 1 saturated heterocycles. The van der Waals surface area contributed by atoms with Gasteiger partial charge >= 0.3 is 0 Å². The van der Waals surface area contributed by atoms with Gasteiger partial charge in [-0.3, -0.25) is 0 Å². The molecule has 0 aliphatic carbocycles. The highest BCUT2D eigenvalue weighted by Gasteiger charge is 2.40. The maximum atomic E-state index is 6.37. The Kier molecular flexibility index (Phi) is 4.07. The summed E-state index contributed by atoms with van der Waals surface area (Å²) in [5, 5.41) is 0. The van der Waals surface area contributed by atoms with Crippen LogP contribution in [0.2, 0.25) is 0 Å². The minimum Gasteiger partial charge on any atom is -0.375 e. The summed E-state index contributed by atoms with van der Waals surface area (Å²) in [5.41, 5.74) is 6.37. The van der Waals surface area contributed by atoms with E-state index in [1.165, 1.54) is 0 Å². The number of nitrogens with two attached hydrogens (primary N) is 1. The SMILES string of the molecule is CC1OC(C)C(C(N)CCc2nccn2C)C1C. The van der Waals surface area contributed by atoms with Crippen LogP contribution >= 0.6 is 0 Å². The Balaban J connectivity index is 1.92. The summed E-state index contributed by atoms with van der Waals surface area (Å²) in [4.78, 5) is 4.34. The van der Waals surface area contributed by atoms with Gasteiger partial charge in [0.1, 0.15) is 5.82 Å². The maximum absolute atomic E-state index is 6.37. The minimum atomic E-state index is 0.191. The molecule has 4 heteroatoms. The topological polar surface area (TPSA) is 53.1 Å². The van der Waals surface area contributed by atoms with E-state index in [2.05, 4.69) is 30.3 Å². The van der Waals surface area contributed by atoms with Crippen molar-refractivity contribution >= 4 is 0 Å². The van der Waals surface area contributed by atoms with Gasteiger partial charge in [0.05, 0.1) is 12.2 Å². The molecular formula is C14H25N3O. The molecule has 1 aromatic heterocycles. The molecule has 2 rings (SSSR count). The van der Waals surface area contributed by atoms with Crippen LogP contribution in [-0.4, -0.2) is 27.8 Å². The van der Waals surface area contributed by atoms with Gasteiger partial charge in [-0.05, 0) is 26.2 Å². The zero-order valence-electron chi connectivity index (χ0n) is 11.8. The van der Waals surface area contributed by atoms with E-state index in [0.29, 0.717) is 17.9 Å². The minimum absolute atomic E-state index is 0.191. The lowest BCUT2D eigenvalue weighted by Gasteiger charge is -2.25. The number of hydrogen-bond donors (Lipinski definition) is 1. The Bertz CT molecular complexity index is 390. The number of hydrogen-bond acceptors (Lipinski definition) is 3. The fourth-order valence-electron chi connectivity index (χ4n) is 3.16. The standard InChI is InChI=1S/C14H25N3O/c1-9-10(2)18-11(3)14(9)12(15)5-6-13-16-7-8-17(13)4/h7-12,14H,5-6,15H2,1-4H3. The molecule has 1 aliphatic heterocycles. The molecule has 0 spiro atoms. The smallest absolute Gasteiger partial charge is 0.108 e. The molecule has 0 saturated carbocycles. The van der Waals surface area contributed by atoms with Gasteiger partial charge in [-0.25, -0.2) is 4.98 Å². The van der Waals surface area contributed by atoms with Crippen LogP contribution < -0.4 is 5.73 Å². The van der Waals surface area contributed by atoms with E-state index >= 15 is 0 Å². The van der Waals surface area contributed by atoms with E-state index in [1.54, 1.807) is 0 Å². The maximum Gasteiger partial charge on any atom is 0.108 e. The predicted molar refractivity (Wildman–Crippen MR) is 72.2 cm³/mol. The van der Waals surface area contributed by atoms with Crippen LogP contribution in [0.4, 0.5) is 0 Å². The highest BCUT2D eigenvalue weighted by Crippen LogP contribution is 2.34. The second-order valence-corrected chi connectivity index (χ2v) is 5.64. The summed E-state index contributed by atoms with van der Waals surface area (Å²) in [6.45, 7) is 6.54. The first-order chi connectivity index (χ1) is 8.50. The van der Waals surface area contributed by atoms with Crippen LogP contribution in [0.25, 0.3) is 0 Å². The van der Waals surface area contributed by atoms with E-state index < -0.39 is 0 Å². The number of aryl methyl sites for hydroxylation is 2. The van der Waals surface area contributed by atoms with Crippen LogP contribution in [0.15, 0.2) is 12.4 Å². The van der Waals surface area contributed by atoms with Crippen LogP contribution in [0.5, 0.6) is 0 Å². The first-order valence-electron chi connectivity index (χ1n) is 6.88. The van der Waals surface area contributed by atoms with Crippen molar-refractivity contribution in [1.29, 1.82) is 0 Å². The second kappa shape index (κ2) is 5.41. The van der Waals surface area contributed by atoms with Gasteiger partial charge in [0.25, 0.3) is 0 Å². The molecule has 4 nitrogen and oxygen atoms in total. The van der Waals surface area contributed by atoms with Crippen molar-refractivity contribution in [3.63, 3.8) is 0 Å². The highest BCUT2D eigenvalue weighted by molar-refractivity contribution is 4.95. The van der Waals surface area contributed by atoms with Gasteiger partial charge in [0, 0.05) is 37.8 Å². The van der Waals surface area contributed by atoms with E-state index in [1.807, 2.05) is 19.4 Å². The van der Waals surface area contributed by atoms with Crippen molar-refractivity contribution in [2.24, 2.45) is 24.6 Å². The molecule has 1 aromatic rings. The third-order valence-electron chi connectivity index (χ3n) is 4.44. The molecule has 0 aromatic carbocycles. The van der Waals surface area contributed by atoms with Gasteiger partial charge in [-0.15, -0.1) is 0 Å². The fourth-order valence-corrected chi connectivity index (χ4v) is 3.16. The molecule has 2 N–H and O–H groups in total. The van der Waals surface area contributed by atoms with Crippen molar-refractivity contribution in [2.45, 2.75) is 51.9 Å². The van der Waals surface area contributed by atoms with Crippen molar-refractivity contribution < 1.29 is 4.74 Å². The number of rotatable bonds is 4. The molecular weight excluding hydrogens is 226 g/mol. The second-order valence-electron chi connectivity index (χ2n) is 5.64. The third-order valence-corrected chi connectivity index (χ3v) is 4.44. The summed E-state index contributed by atoms with van der Waals surface area (Å²) < 4.78 is 7.93. The van der Waals surface area contributed by atoms with Crippen molar-refractivity contribution in [3.05, 3.63) is 18.2 Å². The molecule has 5 atom stereocenters. The van der Waals surface area contributed by atoms with Crippen molar-refractivity contribution in [3.8, 4) is 0 Å². The molecule has 0 amide bonds. The van der Waals surface area contributed by atoms with Gasteiger partial charge in [-0.2, -0.15) is 0 Å². The lowest BCUT2D eigenvalue weighted by atomic mass is 9.82. The Morgan fingerprint density at radius 2 is 2.11 bits per heavy atom. The van der Waals surface area contributed by atoms with Crippen LogP contribution in [-0.2, 0) is 18.2 Å². The zero-order valence-corrected chi connectivity index (χ0v) is 11.8. The number of aromatic nitrogens is 2. The Morgan fingerprint density at radius 3 is 2.61 bits per heavy atom. The Morgan fingerprint density at radius 1 is 1.39 bits per heavy atom. The first-order valence-corrected chi connectivity index (χ1v) is 6.88. The predicted octanol–water partition coefficient (Wildman–Crippen LogP) is 1.74. The average molecular weight is 251 g/mol. The third kappa shape index (κ3) is 2.59. The molecule has 1 aliphatic rings. The normalized spacial score (nSPS) is 33.8. The zero-order chi connectivity index (χ0) is 13.3. The number of nitrogens with zero attached hydrogens (tertiary/aromatic N) is 2. The first kappa shape index (κ1) is 13.6. The van der Waals surface area contributed by atoms with E-state index in [9.17, 15) is 0 Å². The lowest BCUT2D eigenvalue weighted by Crippen LogP contribution is -2.38. The van der Waals surface area contributed by atoms with Gasteiger partial charge in [0.2, 0.25) is 0 Å². The van der Waals surface area contributed by atoms with Crippen LogP contribution in [0, 0.1) is 11.8 Å². The van der Waals surface area contributed by atoms with Crippen LogP contribution in [0.3, 0.4) is 0 Å². The van der Waals surface area contributed by atoms with Gasteiger partial charge in [-0.1, -0.05) is 6.92 Å². The molecule has 102 valence electrons. The van der Waals surface area contributed by atoms with E-state index in [-0.39, 0.29) is 12.1 Å².